The second kappa shape index (κ2) is 4.72. The molecule has 0 atom stereocenters. The smallest absolute Gasteiger partial charge is 0.112 e. The van der Waals surface area contributed by atoms with Crippen molar-refractivity contribution in [3.63, 3.8) is 0 Å². The summed E-state index contributed by atoms with van der Waals surface area (Å²) in [5.41, 5.74) is 2.85. The molecule has 0 aromatic heterocycles. The maximum atomic E-state index is 6.53. The second-order valence-corrected chi connectivity index (χ2v) is 6.92. The molecule has 0 bridgehead atoms. The van der Waals surface area contributed by atoms with Crippen LogP contribution in [0.15, 0.2) is 36.4 Å². The Morgan fingerprint density at radius 1 is 0.789 bits per heavy atom. The standard InChI is InChI=1S/C14H7Cl5/c15-9-5-1-3-7-11(9)13(17)12-8(14(7,18)19)4-2-6-10(12)16/h1-6,13H. The van der Waals surface area contributed by atoms with Crippen LogP contribution in [0.3, 0.4) is 0 Å². The van der Waals surface area contributed by atoms with E-state index in [1.54, 1.807) is 24.3 Å². The highest BCUT2D eigenvalue weighted by Crippen LogP contribution is 2.55. The van der Waals surface area contributed by atoms with Gasteiger partial charge in [-0.15, -0.1) is 11.6 Å². The summed E-state index contributed by atoms with van der Waals surface area (Å²) in [4.78, 5) is 0. The molecule has 1 aliphatic rings. The van der Waals surface area contributed by atoms with Crippen molar-refractivity contribution in [2.75, 3.05) is 0 Å². The Hall–Kier alpha value is -0.110. The molecule has 0 spiro atoms. The van der Waals surface area contributed by atoms with Gasteiger partial charge in [-0.1, -0.05) is 70.7 Å². The van der Waals surface area contributed by atoms with Gasteiger partial charge in [-0.3, -0.25) is 0 Å². The van der Waals surface area contributed by atoms with E-state index >= 15 is 0 Å². The van der Waals surface area contributed by atoms with E-state index in [-0.39, 0.29) is 0 Å². The Morgan fingerprint density at radius 2 is 1.21 bits per heavy atom. The monoisotopic (exact) mass is 350 g/mol. The van der Waals surface area contributed by atoms with E-state index in [1.807, 2.05) is 12.1 Å². The highest BCUT2D eigenvalue weighted by atomic mass is 35.5. The van der Waals surface area contributed by atoms with Gasteiger partial charge < -0.3 is 0 Å². The van der Waals surface area contributed by atoms with E-state index in [0.29, 0.717) is 21.2 Å². The molecule has 1 aliphatic carbocycles. The third kappa shape index (κ3) is 1.97. The van der Waals surface area contributed by atoms with E-state index in [0.717, 1.165) is 11.1 Å². The van der Waals surface area contributed by atoms with Gasteiger partial charge in [-0.25, -0.2) is 0 Å². The van der Waals surface area contributed by atoms with Crippen molar-refractivity contribution in [2.45, 2.75) is 9.71 Å². The van der Waals surface area contributed by atoms with Crippen molar-refractivity contribution in [3.8, 4) is 0 Å². The van der Waals surface area contributed by atoms with Crippen molar-refractivity contribution in [3.05, 3.63) is 68.7 Å². The molecule has 0 amide bonds. The van der Waals surface area contributed by atoms with Crippen molar-refractivity contribution >= 4 is 58.0 Å². The quantitative estimate of drug-likeness (QED) is 0.487. The topological polar surface area (TPSA) is 0 Å². The summed E-state index contributed by atoms with van der Waals surface area (Å²) in [6.45, 7) is 0. The van der Waals surface area contributed by atoms with Crippen LogP contribution >= 0.6 is 58.0 Å². The number of hydrogen-bond acceptors (Lipinski definition) is 0. The van der Waals surface area contributed by atoms with Crippen LogP contribution in [0.4, 0.5) is 0 Å². The summed E-state index contributed by atoms with van der Waals surface area (Å²) >= 11 is 32.1. The molecular weight excluding hydrogens is 345 g/mol. The minimum Gasteiger partial charge on any atom is -0.112 e. The van der Waals surface area contributed by atoms with Crippen LogP contribution in [0.1, 0.15) is 27.6 Å². The molecule has 0 saturated carbocycles. The van der Waals surface area contributed by atoms with Crippen molar-refractivity contribution in [1.29, 1.82) is 0 Å². The Labute approximate surface area is 136 Å². The average Bonchev–Trinajstić information content (AvgIpc) is 2.36. The molecule has 19 heavy (non-hydrogen) atoms. The predicted octanol–water partition coefficient (Wildman–Crippen LogP) is 6.31. The largest absolute Gasteiger partial charge is 0.168 e. The molecule has 0 N–H and O–H groups in total. The van der Waals surface area contributed by atoms with E-state index in [2.05, 4.69) is 0 Å². The van der Waals surface area contributed by atoms with Gasteiger partial charge in [0.1, 0.15) is 0 Å². The Kier molecular flexibility index (Phi) is 3.44. The maximum Gasteiger partial charge on any atom is 0.168 e. The van der Waals surface area contributed by atoms with Crippen molar-refractivity contribution in [2.24, 2.45) is 0 Å². The average molecular weight is 352 g/mol. The van der Waals surface area contributed by atoms with Gasteiger partial charge in [-0.05, 0) is 34.4 Å². The minimum absolute atomic E-state index is 0.460. The molecule has 2 aromatic carbocycles. The minimum atomic E-state index is -1.20. The summed E-state index contributed by atoms with van der Waals surface area (Å²) in [6, 6.07) is 10.8. The summed E-state index contributed by atoms with van der Waals surface area (Å²) in [5.74, 6) is 0. The highest BCUT2D eigenvalue weighted by Gasteiger charge is 2.42. The summed E-state index contributed by atoms with van der Waals surface area (Å²) in [5, 5.41) is 0.612. The first kappa shape index (κ1) is 13.9. The first-order valence-corrected chi connectivity index (χ1v) is 7.49. The zero-order valence-electron chi connectivity index (χ0n) is 9.43. The lowest BCUT2D eigenvalue weighted by Gasteiger charge is -2.34. The zero-order chi connectivity index (χ0) is 13.8. The molecule has 0 radical (unpaired) electrons. The molecule has 2 aromatic rings. The lowest BCUT2D eigenvalue weighted by Crippen LogP contribution is -2.24. The van der Waals surface area contributed by atoms with E-state index in [9.17, 15) is 0 Å². The van der Waals surface area contributed by atoms with Gasteiger partial charge in [-0.2, -0.15) is 0 Å². The fourth-order valence-electron chi connectivity index (χ4n) is 2.43. The molecular formula is C14H7Cl5. The van der Waals surface area contributed by atoms with Gasteiger partial charge in [0.2, 0.25) is 0 Å². The van der Waals surface area contributed by atoms with Gasteiger partial charge in [0, 0.05) is 10.0 Å². The number of benzene rings is 2. The SMILES string of the molecule is Clc1cccc2c1C(Cl)c1c(Cl)cccc1C2(Cl)Cl. The fourth-order valence-corrected chi connectivity index (χ4v) is 4.23. The molecule has 0 saturated heterocycles. The molecule has 5 heteroatoms. The van der Waals surface area contributed by atoms with E-state index in [1.165, 1.54) is 0 Å². The van der Waals surface area contributed by atoms with Crippen molar-refractivity contribution < 1.29 is 0 Å². The van der Waals surface area contributed by atoms with Crippen LogP contribution in [0.2, 0.25) is 10.0 Å². The Bertz CT molecular complexity index is 607. The lowest BCUT2D eigenvalue weighted by molar-refractivity contribution is 0.901. The first-order valence-electron chi connectivity index (χ1n) is 5.54. The van der Waals surface area contributed by atoms with E-state index < -0.39 is 9.71 Å². The highest BCUT2D eigenvalue weighted by molar-refractivity contribution is 6.51. The fraction of sp³-hybridized carbons (Fsp3) is 0.143. The molecule has 0 unspecified atom stereocenters. The Morgan fingerprint density at radius 3 is 1.63 bits per heavy atom. The summed E-state index contributed by atoms with van der Waals surface area (Å²) in [6.07, 6.45) is 0. The molecule has 98 valence electrons. The molecule has 0 fully saturated rings. The maximum absolute atomic E-state index is 6.53. The number of halogens is 5. The Balaban J connectivity index is 2.40. The zero-order valence-corrected chi connectivity index (χ0v) is 13.2. The molecule has 0 nitrogen and oxygen atoms in total. The van der Waals surface area contributed by atoms with Crippen LogP contribution < -0.4 is 0 Å². The van der Waals surface area contributed by atoms with Gasteiger partial charge in [0.05, 0.1) is 5.38 Å². The van der Waals surface area contributed by atoms with Crippen molar-refractivity contribution in [1.82, 2.24) is 0 Å². The second-order valence-electron chi connectivity index (χ2n) is 4.34. The first-order chi connectivity index (χ1) is 8.94. The lowest BCUT2D eigenvalue weighted by atomic mass is 9.84. The van der Waals surface area contributed by atoms with Crippen LogP contribution in [0, 0.1) is 0 Å². The summed E-state index contributed by atoms with van der Waals surface area (Å²) < 4.78 is -1.20. The predicted molar refractivity (Wildman–Crippen MR) is 83.1 cm³/mol. The van der Waals surface area contributed by atoms with Gasteiger partial charge in [0.15, 0.2) is 4.33 Å². The van der Waals surface area contributed by atoms with Crippen LogP contribution in [-0.4, -0.2) is 0 Å². The van der Waals surface area contributed by atoms with E-state index in [4.69, 9.17) is 58.0 Å². The van der Waals surface area contributed by atoms with Crippen LogP contribution in [0.25, 0.3) is 0 Å². The summed E-state index contributed by atoms with van der Waals surface area (Å²) in [7, 11) is 0. The van der Waals surface area contributed by atoms with Gasteiger partial charge >= 0.3 is 0 Å². The number of hydrogen-bond donors (Lipinski definition) is 0. The number of fused-ring (bicyclic) bond motifs is 2. The normalized spacial score (nSPS) is 16.9. The number of alkyl halides is 3. The molecule has 0 heterocycles. The third-order valence-electron chi connectivity index (χ3n) is 3.29. The number of rotatable bonds is 0. The molecule has 3 rings (SSSR count). The van der Waals surface area contributed by atoms with Crippen LogP contribution in [0.5, 0.6) is 0 Å². The van der Waals surface area contributed by atoms with Crippen LogP contribution in [-0.2, 0) is 4.33 Å². The third-order valence-corrected chi connectivity index (χ3v) is 5.20. The van der Waals surface area contributed by atoms with Gasteiger partial charge in [0.25, 0.3) is 0 Å². The molecule has 0 aliphatic heterocycles.